The number of amides is 1. The van der Waals surface area contributed by atoms with Crippen LogP contribution in [0.1, 0.15) is 30.1 Å². The predicted octanol–water partition coefficient (Wildman–Crippen LogP) is 1.05. The Hall–Kier alpha value is -2.68. The number of likely N-dealkylation sites (tertiary alicyclic amines) is 1. The molecule has 0 bridgehead atoms. The first-order valence-corrected chi connectivity index (χ1v) is 7.45. The standard InChI is InChI=1S/C15H18N2O7/c1-2-24-12-4-3-10(9-11(12)17(22)23)13(18)16-7-5-15(21,6-8-16)14(19)20/h3-4,9,21H,2,5-8H2,1H3,(H,19,20). The number of carbonyl (C=O) groups excluding carboxylic acids is 1. The van der Waals surface area contributed by atoms with E-state index in [9.17, 15) is 24.8 Å². The molecule has 1 aliphatic rings. The zero-order valence-corrected chi connectivity index (χ0v) is 13.1. The van der Waals surface area contributed by atoms with Gasteiger partial charge in [-0.2, -0.15) is 0 Å². The summed E-state index contributed by atoms with van der Waals surface area (Å²) in [4.78, 5) is 35.3. The maximum absolute atomic E-state index is 12.5. The molecular weight excluding hydrogens is 320 g/mol. The molecule has 1 aliphatic heterocycles. The summed E-state index contributed by atoms with van der Waals surface area (Å²) in [7, 11) is 0. The number of aliphatic hydroxyl groups is 1. The number of benzene rings is 1. The molecule has 0 saturated carbocycles. The van der Waals surface area contributed by atoms with Gasteiger partial charge in [0, 0.05) is 37.6 Å². The van der Waals surface area contributed by atoms with Crippen molar-refractivity contribution in [2.24, 2.45) is 0 Å². The Morgan fingerprint density at radius 1 is 1.38 bits per heavy atom. The van der Waals surface area contributed by atoms with Gasteiger partial charge in [-0.25, -0.2) is 4.79 Å². The second-order valence-corrected chi connectivity index (χ2v) is 5.50. The number of nitrogens with zero attached hydrogens (tertiary/aromatic N) is 2. The van der Waals surface area contributed by atoms with E-state index in [1.807, 2.05) is 0 Å². The third kappa shape index (κ3) is 3.46. The molecule has 1 fully saturated rings. The molecule has 1 amide bonds. The summed E-state index contributed by atoms with van der Waals surface area (Å²) in [5.74, 6) is -1.68. The van der Waals surface area contributed by atoms with E-state index in [0.717, 1.165) is 6.07 Å². The van der Waals surface area contributed by atoms with Gasteiger partial charge in [0.05, 0.1) is 11.5 Å². The van der Waals surface area contributed by atoms with Crippen molar-refractivity contribution in [3.8, 4) is 5.75 Å². The van der Waals surface area contributed by atoms with Crippen LogP contribution in [-0.2, 0) is 4.79 Å². The number of carbonyl (C=O) groups is 2. The largest absolute Gasteiger partial charge is 0.487 e. The molecular formula is C15H18N2O7. The molecule has 1 aromatic carbocycles. The fourth-order valence-corrected chi connectivity index (χ4v) is 2.55. The van der Waals surface area contributed by atoms with Gasteiger partial charge in [0.15, 0.2) is 11.4 Å². The average Bonchev–Trinajstić information content (AvgIpc) is 2.55. The predicted molar refractivity (Wildman–Crippen MR) is 82.0 cm³/mol. The van der Waals surface area contributed by atoms with Crippen LogP contribution in [0.5, 0.6) is 5.75 Å². The van der Waals surface area contributed by atoms with Crippen LogP contribution in [0.15, 0.2) is 18.2 Å². The summed E-state index contributed by atoms with van der Waals surface area (Å²) in [6.45, 7) is 2.07. The Balaban J connectivity index is 2.17. The van der Waals surface area contributed by atoms with E-state index in [1.54, 1.807) is 6.92 Å². The molecule has 130 valence electrons. The molecule has 0 radical (unpaired) electrons. The maximum Gasteiger partial charge on any atom is 0.335 e. The summed E-state index contributed by atoms with van der Waals surface area (Å²) < 4.78 is 5.17. The number of nitro groups is 1. The van der Waals surface area contributed by atoms with Crippen LogP contribution in [0.25, 0.3) is 0 Å². The second-order valence-electron chi connectivity index (χ2n) is 5.50. The third-order valence-corrected chi connectivity index (χ3v) is 3.98. The lowest BCUT2D eigenvalue weighted by molar-refractivity contribution is -0.385. The highest BCUT2D eigenvalue weighted by Crippen LogP contribution is 2.29. The molecule has 2 N–H and O–H groups in total. The molecule has 9 nitrogen and oxygen atoms in total. The first-order chi connectivity index (χ1) is 11.3. The number of carboxylic acid groups (broad SMARTS) is 1. The number of carboxylic acids is 1. The zero-order valence-electron chi connectivity index (χ0n) is 13.1. The van der Waals surface area contributed by atoms with Gasteiger partial charge in [0.1, 0.15) is 0 Å². The highest BCUT2D eigenvalue weighted by atomic mass is 16.6. The van der Waals surface area contributed by atoms with Crippen molar-refractivity contribution in [1.29, 1.82) is 0 Å². The van der Waals surface area contributed by atoms with E-state index in [-0.39, 0.29) is 49.5 Å². The lowest BCUT2D eigenvalue weighted by Crippen LogP contribution is -2.50. The van der Waals surface area contributed by atoms with Crippen LogP contribution in [0.2, 0.25) is 0 Å². The van der Waals surface area contributed by atoms with Crippen LogP contribution in [0, 0.1) is 10.1 Å². The number of hydrogen-bond donors (Lipinski definition) is 2. The van der Waals surface area contributed by atoms with E-state index >= 15 is 0 Å². The van der Waals surface area contributed by atoms with Crippen molar-refractivity contribution in [1.82, 2.24) is 4.90 Å². The van der Waals surface area contributed by atoms with Gasteiger partial charge >= 0.3 is 11.7 Å². The van der Waals surface area contributed by atoms with Crippen molar-refractivity contribution < 1.29 is 29.5 Å². The molecule has 1 aromatic rings. The van der Waals surface area contributed by atoms with Crippen LogP contribution in [-0.4, -0.2) is 57.2 Å². The van der Waals surface area contributed by atoms with Crippen molar-refractivity contribution in [3.05, 3.63) is 33.9 Å². The molecule has 0 aromatic heterocycles. The molecule has 1 heterocycles. The second kappa shape index (κ2) is 6.83. The minimum atomic E-state index is -1.83. The molecule has 0 aliphatic carbocycles. The van der Waals surface area contributed by atoms with Crippen LogP contribution >= 0.6 is 0 Å². The number of aliphatic carboxylic acids is 1. The fourth-order valence-electron chi connectivity index (χ4n) is 2.55. The van der Waals surface area contributed by atoms with E-state index in [2.05, 4.69) is 0 Å². The maximum atomic E-state index is 12.5. The number of rotatable bonds is 5. The van der Waals surface area contributed by atoms with Gasteiger partial charge in [0.2, 0.25) is 0 Å². The van der Waals surface area contributed by atoms with E-state index in [0.29, 0.717) is 0 Å². The fraction of sp³-hybridized carbons (Fsp3) is 0.467. The summed E-state index contributed by atoms with van der Waals surface area (Å²) in [6.07, 6.45) is -0.180. The van der Waals surface area contributed by atoms with Gasteiger partial charge in [-0.05, 0) is 19.1 Å². The highest BCUT2D eigenvalue weighted by molar-refractivity contribution is 5.95. The first kappa shape index (κ1) is 17.7. The lowest BCUT2D eigenvalue weighted by Gasteiger charge is -2.35. The number of hydrogen-bond acceptors (Lipinski definition) is 6. The minimum Gasteiger partial charge on any atom is -0.487 e. The van der Waals surface area contributed by atoms with Gasteiger partial charge in [0.25, 0.3) is 5.91 Å². The summed E-state index contributed by atoms with van der Waals surface area (Å²) in [5, 5.41) is 30.0. The molecule has 24 heavy (non-hydrogen) atoms. The summed E-state index contributed by atoms with van der Waals surface area (Å²) in [6, 6.07) is 3.94. The molecule has 0 atom stereocenters. The Morgan fingerprint density at radius 3 is 2.50 bits per heavy atom. The number of piperidine rings is 1. The minimum absolute atomic E-state index is 0.0582. The van der Waals surface area contributed by atoms with Crippen molar-refractivity contribution in [3.63, 3.8) is 0 Å². The number of nitro benzene ring substituents is 1. The Kier molecular flexibility index (Phi) is 5.03. The number of ether oxygens (including phenoxy) is 1. The smallest absolute Gasteiger partial charge is 0.335 e. The van der Waals surface area contributed by atoms with Crippen molar-refractivity contribution in [2.45, 2.75) is 25.4 Å². The topological polar surface area (TPSA) is 130 Å². The SMILES string of the molecule is CCOc1ccc(C(=O)N2CCC(O)(C(=O)O)CC2)cc1[N+](=O)[O-]. The Morgan fingerprint density at radius 2 is 2.00 bits per heavy atom. The molecule has 2 rings (SSSR count). The quantitative estimate of drug-likeness (QED) is 0.606. The third-order valence-electron chi connectivity index (χ3n) is 3.98. The van der Waals surface area contributed by atoms with Gasteiger partial charge in [-0.1, -0.05) is 0 Å². The zero-order chi connectivity index (χ0) is 17.9. The van der Waals surface area contributed by atoms with Gasteiger partial charge < -0.3 is 19.8 Å². The molecule has 9 heteroatoms. The van der Waals surface area contributed by atoms with Crippen LogP contribution in [0.4, 0.5) is 5.69 Å². The van der Waals surface area contributed by atoms with E-state index in [1.165, 1.54) is 17.0 Å². The lowest BCUT2D eigenvalue weighted by atomic mass is 9.91. The van der Waals surface area contributed by atoms with E-state index in [4.69, 9.17) is 9.84 Å². The molecule has 0 spiro atoms. The van der Waals surface area contributed by atoms with Gasteiger partial charge in [-0.15, -0.1) is 0 Å². The van der Waals surface area contributed by atoms with E-state index < -0.39 is 22.4 Å². The highest BCUT2D eigenvalue weighted by Gasteiger charge is 2.40. The first-order valence-electron chi connectivity index (χ1n) is 7.45. The summed E-state index contributed by atoms with van der Waals surface area (Å²) >= 11 is 0. The average molecular weight is 338 g/mol. The van der Waals surface area contributed by atoms with Gasteiger partial charge in [-0.3, -0.25) is 14.9 Å². The van der Waals surface area contributed by atoms with Crippen molar-refractivity contribution in [2.75, 3.05) is 19.7 Å². The van der Waals surface area contributed by atoms with Crippen molar-refractivity contribution >= 4 is 17.6 Å². The Labute approximate surface area is 137 Å². The molecule has 1 saturated heterocycles. The summed E-state index contributed by atoms with van der Waals surface area (Å²) in [5.41, 5.74) is -2.02. The van der Waals surface area contributed by atoms with Crippen LogP contribution < -0.4 is 4.74 Å². The normalized spacial score (nSPS) is 16.5. The monoisotopic (exact) mass is 338 g/mol. The van der Waals surface area contributed by atoms with Crippen LogP contribution in [0.3, 0.4) is 0 Å². The Bertz CT molecular complexity index is 666. The molecule has 0 unspecified atom stereocenters.